The Balaban J connectivity index is 2.48. The van der Waals surface area contributed by atoms with E-state index in [0.717, 1.165) is 11.0 Å². The minimum Gasteiger partial charge on any atom is -0.489 e. The number of imide groups is 1. The zero-order valence-corrected chi connectivity index (χ0v) is 16.0. The third-order valence-electron chi connectivity index (χ3n) is 3.14. The number of hydrogen-bond acceptors (Lipinski definition) is 7. The van der Waals surface area contributed by atoms with Crippen LogP contribution in [-0.2, 0) is 9.59 Å². The second-order valence-electron chi connectivity index (χ2n) is 4.56. The highest BCUT2D eigenvalue weighted by Gasteiger charge is 2.34. The first-order chi connectivity index (χ1) is 11.3. The predicted molar refractivity (Wildman–Crippen MR) is 95.6 cm³/mol. The maximum Gasteiger partial charge on any atom is 0.336 e. The van der Waals surface area contributed by atoms with E-state index in [9.17, 15) is 19.7 Å². The molecule has 128 valence electrons. The lowest BCUT2D eigenvalue weighted by Crippen LogP contribution is -2.34. The van der Waals surface area contributed by atoms with E-state index in [1.807, 2.05) is 22.6 Å². The van der Waals surface area contributed by atoms with Crippen LogP contribution in [0.2, 0.25) is 0 Å². The Morgan fingerprint density at radius 2 is 2.17 bits per heavy atom. The van der Waals surface area contributed by atoms with E-state index in [4.69, 9.17) is 9.84 Å². The molecule has 24 heavy (non-hydrogen) atoms. The van der Waals surface area contributed by atoms with Crippen LogP contribution in [0.3, 0.4) is 0 Å². The van der Waals surface area contributed by atoms with E-state index >= 15 is 0 Å². The summed E-state index contributed by atoms with van der Waals surface area (Å²) in [6, 6.07) is 1.59. The highest BCUT2D eigenvalue weighted by atomic mass is 127. The lowest BCUT2D eigenvalue weighted by atomic mass is 10.2. The van der Waals surface area contributed by atoms with E-state index in [0.29, 0.717) is 8.04 Å². The molecule has 1 aliphatic heterocycles. The fraction of sp³-hybridized carbons (Fsp3) is 0.231. The number of nitrogens with zero attached hydrogens (tertiary/aromatic N) is 2. The quantitative estimate of drug-likeness (QED) is 0.257. The number of aliphatic hydroxyl groups excluding tert-OH is 1. The van der Waals surface area contributed by atoms with Crippen molar-refractivity contribution in [2.75, 3.05) is 25.6 Å². The minimum atomic E-state index is -0.666. The average Bonchev–Trinajstić information content (AvgIpc) is 2.77. The van der Waals surface area contributed by atoms with Gasteiger partial charge in [-0.3, -0.25) is 24.6 Å². The first kappa shape index (κ1) is 18.6. The highest BCUT2D eigenvalue weighted by Crippen LogP contribution is 2.44. The Labute approximate surface area is 158 Å². The molecule has 0 fully saturated rings. The van der Waals surface area contributed by atoms with Crippen molar-refractivity contribution >= 4 is 61.7 Å². The zero-order chi connectivity index (χ0) is 18.0. The van der Waals surface area contributed by atoms with Crippen LogP contribution in [0.25, 0.3) is 0 Å². The van der Waals surface area contributed by atoms with Crippen LogP contribution >= 0.6 is 38.5 Å². The van der Waals surface area contributed by atoms with E-state index in [-0.39, 0.29) is 36.0 Å². The van der Waals surface area contributed by atoms with Gasteiger partial charge in [0, 0.05) is 9.65 Å². The largest absolute Gasteiger partial charge is 0.489 e. The number of rotatable bonds is 6. The number of benzene rings is 1. The number of anilines is 1. The van der Waals surface area contributed by atoms with Gasteiger partial charge in [-0.1, -0.05) is 0 Å². The van der Waals surface area contributed by atoms with E-state index in [2.05, 4.69) is 21.2 Å². The van der Waals surface area contributed by atoms with Crippen molar-refractivity contribution in [2.24, 2.45) is 0 Å². The molecule has 0 aromatic heterocycles. The molecule has 0 radical (unpaired) electrons. The van der Waals surface area contributed by atoms with Crippen molar-refractivity contribution in [3.8, 4) is 5.75 Å². The van der Waals surface area contributed by atoms with Crippen molar-refractivity contribution in [2.45, 2.75) is 0 Å². The van der Waals surface area contributed by atoms with Crippen molar-refractivity contribution < 1.29 is 24.4 Å². The number of hydrogen-bond donors (Lipinski definition) is 2. The maximum absolute atomic E-state index is 12.2. The number of aliphatic hydroxyl groups is 1. The molecular weight excluding hydrogens is 501 g/mol. The van der Waals surface area contributed by atoms with E-state index < -0.39 is 16.7 Å². The maximum atomic E-state index is 12.2. The van der Waals surface area contributed by atoms with Crippen LogP contribution < -0.4 is 10.1 Å². The van der Waals surface area contributed by atoms with Crippen molar-refractivity contribution in [1.82, 2.24) is 4.90 Å². The van der Waals surface area contributed by atoms with Crippen LogP contribution in [0.5, 0.6) is 5.75 Å². The van der Waals surface area contributed by atoms with Crippen molar-refractivity contribution in [1.29, 1.82) is 0 Å². The summed E-state index contributed by atoms with van der Waals surface area (Å²) in [6.45, 7) is -0.523. The molecule has 1 aliphatic rings. The number of β-amino-alcohol motifs (C(OH)–C–C–N with tert-alkyl or cyclic N) is 1. The Bertz CT molecular complexity index is 767. The molecule has 2 amide bonds. The van der Waals surface area contributed by atoms with Crippen LogP contribution in [0, 0.1) is 13.7 Å². The van der Waals surface area contributed by atoms with Gasteiger partial charge in [0.1, 0.15) is 11.4 Å². The van der Waals surface area contributed by atoms with Gasteiger partial charge in [-0.25, -0.2) is 0 Å². The first-order valence-electron chi connectivity index (χ1n) is 6.47. The third kappa shape index (κ3) is 3.37. The lowest BCUT2D eigenvalue weighted by Gasteiger charge is -2.15. The summed E-state index contributed by atoms with van der Waals surface area (Å²) in [6.07, 6.45) is 1.03. The molecule has 0 atom stereocenters. The number of amides is 2. The number of halogens is 2. The number of methoxy groups -OCH3 is 1. The molecule has 0 saturated heterocycles. The van der Waals surface area contributed by atoms with Crippen molar-refractivity contribution in [3.05, 3.63) is 36.0 Å². The van der Waals surface area contributed by atoms with Gasteiger partial charge in [-0.2, -0.15) is 0 Å². The Hall–Kier alpha value is -1.73. The first-order valence-corrected chi connectivity index (χ1v) is 8.34. The fourth-order valence-electron chi connectivity index (χ4n) is 2.12. The molecule has 1 aromatic carbocycles. The van der Waals surface area contributed by atoms with Gasteiger partial charge in [0.15, 0.2) is 0 Å². The second kappa shape index (κ2) is 7.44. The topological polar surface area (TPSA) is 122 Å². The number of carbonyl (C=O) groups excluding carboxylic acids is 2. The standard InChI is InChI=1S/C13H11BrIN3O6/c1-24-12-6(14)4-7(15)10(11(12)18(22)23)16-8-5-9(20)17(2-3-19)13(8)21/h4-5,16,19H,2-3H2,1H3. The van der Waals surface area contributed by atoms with Crippen LogP contribution in [0.1, 0.15) is 0 Å². The van der Waals surface area contributed by atoms with Gasteiger partial charge in [-0.05, 0) is 44.6 Å². The normalized spacial score (nSPS) is 14.0. The SMILES string of the molecule is COc1c(Br)cc(I)c(NC2=CC(=O)N(CCO)C2=O)c1[N+](=O)[O-]. The summed E-state index contributed by atoms with van der Waals surface area (Å²) >= 11 is 5.06. The molecular formula is C13H11BrIN3O6. The van der Waals surface area contributed by atoms with Crippen LogP contribution in [0.15, 0.2) is 22.3 Å². The van der Waals surface area contributed by atoms with Gasteiger partial charge >= 0.3 is 5.69 Å². The molecule has 2 rings (SSSR count). The summed E-state index contributed by atoms with van der Waals surface area (Å²) in [4.78, 5) is 35.6. The molecule has 1 heterocycles. The minimum absolute atomic E-state index is 0.00694. The number of nitro groups is 1. The molecule has 11 heteroatoms. The number of nitrogens with one attached hydrogen (secondary N) is 1. The molecule has 0 spiro atoms. The molecule has 0 aliphatic carbocycles. The Morgan fingerprint density at radius 3 is 2.71 bits per heavy atom. The Morgan fingerprint density at radius 1 is 1.50 bits per heavy atom. The highest BCUT2D eigenvalue weighted by molar-refractivity contribution is 14.1. The van der Waals surface area contributed by atoms with Gasteiger partial charge < -0.3 is 15.2 Å². The lowest BCUT2D eigenvalue weighted by molar-refractivity contribution is -0.384. The molecule has 1 aromatic rings. The smallest absolute Gasteiger partial charge is 0.336 e. The van der Waals surface area contributed by atoms with Crippen LogP contribution in [0.4, 0.5) is 11.4 Å². The van der Waals surface area contributed by atoms with Gasteiger partial charge in [0.2, 0.25) is 5.75 Å². The fourth-order valence-corrected chi connectivity index (χ4v) is 3.83. The number of ether oxygens (including phenoxy) is 1. The van der Waals surface area contributed by atoms with Gasteiger partial charge in [-0.15, -0.1) is 0 Å². The molecule has 2 N–H and O–H groups in total. The van der Waals surface area contributed by atoms with E-state index in [1.54, 1.807) is 6.07 Å². The van der Waals surface area contributed by atoms with Gasteiger partial charge in [0.25, 0.3) is 11.8 Å². The summed E-state index contributed by atoms with van der Waals surface area (Å²) in [7, 11) is 1.29. The second-order valence-corrected chi connectivity index (χ2v) is 6.57. The third-order valence-corrected chi connectivity index (χ3v) is 4.58. The molecule has 9 nitrogen and oxygen atoms in total. The van der Waals surface area contributed by atoms with Gasteiger partial charge in [0.05, 0.1) is 29.7 Å². The average molecular weight is 512 g/mol. The molecule has 0 saturated carbocycles. The summed E-state index contributed by atoms with van der Waals surface area (Å²) in [5, 5.41) is 23.0. The molecule has 0 unspecified atom stereocenters. The summed E-state index contributed by atoms with van der Waals surface area (Å²) in [5.74, 6) is -1.27. The number of carbonyl (C=O) groups is 2. The van der Waals surface area contributed by atoms with Crippen LogP contribution in [-0.4, -0.2) is 47.0 Å². The van der Waals surface area contributed by atoms with Crippen molar-refractivity contribution in [3.63, 3.8) is 0 Å². The monoisotopic (exact) mass is 511 g/mol. The van der Waals surface area contributed by atoms with E-state index in [1.165, 1.54) is 7.11 Å². The zero-order valence-electron chi connectivity index (χ0n) is 12.2. The number of nitro benzene ring substituents is 1. The summed E-state index contributed by atoms with van der Waals surface area (Å²) < 4.78 is 5.90. The summed E-state index contributed by atoms with van der Waals surface area (Å²) in [5.41, 5.74) is -0.434. The predicted octanol–water partition coefficient (Wildman–Crippen LogP) is 1.63. The molecule has 0 bridgehead atoms. The Kier molecular flexibility index (Phi) is 5.77.